The zero-order valence-electron chi connectivity index (χ0n) is 26.5. The van der Waals surface area contributed by atoms with Crippen molar-refractivity contribution in [3.05, 3.63) is 152 Å². The summed E-state index contributed by atoms with van der Waals surface area (Å²) in [6.07, 6.45) is 0. The van der Waals surface area contributed by atoms with E-state index in [2.05, 4.69) is 6.07 Å². The maximum atomic E-state index is 6.73. The fourth-order valence-corrected chi connectivity index (χ4v) is 6.64. The molecule has 10 rings (SSSR count). The van der Waals surface area contributed by atoms with E-state index < -0.39 is 0 Å². The molecular formula is C43H25N5O2. The van der Waals surface area contributed by atoms with Gasteiger partial charge in [0.05, 0.1) is 0 Å². The Hall–Kier alpha value is -6.99. The minimum Gasteiger partial charge on any atom is -0.455 e. The molecule has 0 N–H and O–H groups in total. The van der Waals surface area contributed by atoms with Gasteiger partial charge in [0.15, 0.2) is 28.9 Å². The van der Waals surface area contributed by atoms with Gasteiger partial charge in [-0.3, -0.25) is 0 Å². The van der Waals surface area contributed by atoms with E-state index in [4.69, 9.17) is 33.8 Å². The highest BCUT2D eigenvalue weighted by Gasteiger charge is 2.23. The van der Waals surface area contributed by atoms with Gasteiger partial charge in [0.1, 0.15) is 28.0 Å². The number of nitrogens with zero attached hydrogens (tertiary/aromatic N) is 5. The van der Waals surface area contributed by atoms with Crippen LogP contribution in [0.25, 0.3) is 101 Å². The third-order valence-corrected chi connectivity index (χ3v) is 8.97. The summed E-state index contributed by atoms with van der Waals surface area (Å²) in [6.45, 7) is 0. The first-order chi connectivity index (χ1) is 24.8. The largest absolute Gasteiger partial charge is 0.455 e. The van der Waals surface area contributed by atoms with Crippen molar-refractivity contribution in [3.63, 3.8) is 0 Å². The summed E-state index contributed by atoms with van der Waals surface area (Å²) in [6, 6.07) is 50.0. The van der Waals surface area contributed by atoms with Crippen LogP contribution in [0.15, 0.2) is 160 Å². The Balaban J connectivity index is 1.23. The molecule has 4 heterocycles. The molecule has 0 fully saturated rings. The minimum absolute atomic E-state index is 0.560. The Labute approximate surface area is 285 Å². The summed E-state index contributed by atoms with van der Waals surface area (Å²) in [5.74, 6) is 2.37. The molecule has 0 amide bonds. The first kappa shape index (κ1) is 28.1. The van der Waals surface area contributed by atoms with Gasteiger partial charge in [-0.15, -0.1) is 0 Å². The van der Waals surface area contributed by atoms with Gasteiger partial charge in [-0.1, -0.05) is 127 Å². The number of hydrogen-bond acceptors (Lipinski definition) is 7. The molecule has 50 heavy (non-hydrogen) atoms. The summed E-state index contributed by atoms with van der Waals surface area (Å²) < 4.78 is 13.2. The lowest BCUT2D eigenvalue weighted by Gasteiger charge is -2.09. The Kier molecular flexibility index (Phi) is 6.35. The number of aromatic nitrogens is 5. The quantitative estimate of drug-likeness (QED) is 0.184. The monoisotopic (exact) mass is 643 g/mol. The van der Waals surface area contributed by atoms with Crippen LogP contribution in [0.4, 0.5) is 0 Å². The van der Waals surface area contributed by atoms with Gasteiger partial charge in [-0.05, 0) is 24.3 Å². The molecular weight excluding hydrogens is 619 g/mol. The van der Waals surface area contributed by atoms with Crippen molar-refractivity contribution in [1.29, 1.82) is 0 Å². The molecule has 0 spiro atoms. The average molecular weight is 644 g/mol. The molecule has 4 aromatic heterocycles. The van der Waals surface area contributed by atoms with E-state index in [1.807, 2.05) is 146 Å². The Morgan fingerprint density at radius 1 is 0.340 bits per heavy atom. The van der Waals surface area contributed by atoms with E-state index in [1.165, 1.54) is 0 Å². The van der Waals surface area contributed by atoms with Crippen LogP contribution >= 0.6 is 0 Å². The summed E-state index contributed by atoms with van der Waals surface area (Å²) in [5, 5.41) is 2.76. The predicted octanol–water partition coefficient (Wildman–Crippen LogP) is 10.8. The fourth-order valence-electron chi connectivity index (χ4n) is 6.64. The standard InChI is InChI=1S/C43H25N5O2/c1-4-14-26(15-5-1)40-44-36-29-20-10-11-24-33(29)49-39(36)37(45-40)32-23-12-21-30-35-31(22-13-25-34(35)50-38(30)32)43-47-41(27-16-6-2-7-17-27)46-42(48-43)28-18-8-3-9-19-28/h1-25H. The van der Waals surface area contributed by atoms with Gasteiger partial charge < -0.3 is 8.83 Å². The predicted molar refractivity (Wildman–Crippen MR) is 197 cm³/mol. The number of furan rings is 2. The molecule has 10 aromatic rings. The van der Waals surface area contributed by atoms with Crippen molar-refractivity contribution >= 4 is 44.0 Å². The molecule has 0 saturated carbocycles. The van der Waals surface area contributed by atoms with Gasteiger partial charge in [-0.2, -0.15) is 0 Å². The molecule has 6 aromatic carbocycles. The summed E-state index contributed by atoms with van der Waals surface area (Å²) in [5.41, 5.74) is 8.56. The third-order valence-electron chi connectivity index (χ3n) is 8.97. The highest BCUT2D eigenvalue weighted by molar-refractivity contribution is 6.16. The molecule has 0 aliphatic carbocycles. The molecule has 0 aliphatic rings. The highest BCUT2D eigenvalue weighted by atomic mass is 16.3. The first-order valence-corrected chi connectivity index (χ1v) is 16.3. The Morgan fingerprint density at radius 3 is 1.52 bits per heavy atom. The van der Waals surface area contributed by atoms with E-state index in [-0.39, 0.29) is 0 Å². The van der Waals surface area contributed by atoms with Crippen LogP contribution in [0, 0.1) is 0 Å². The van der Waals surface area contributed by atoms with Gasteiger partial charge in [0.25, 0.3) is 0 Å². The molecule has 0 saturated heterocycles. The van der Waals surface area contributed by atoms with E-state index in [9.17, 15) is 0 Å². The summed E-state index contributed by atoms with van der Waals surface area (Å²) in [4.78, 5) is 25.1. The van der Waals surface area contributed by atoms with Crippen LogP contribution < -0.4 is 0 Å². The third kappa shape index (κ3) is 4.56. The van der Waals surface area contributed by atoms with Crippen LogP contribution in [0.5, 0.6) is 0 Å². The van der Waals surface area contributed by atoms with Gasteiger partial charge in [0, 0.05) is 44.0 Å². The van der Waals surface area contributed by atoms with Crippen LogP contribution in [0.1, 0.15) is 0 Å². The maximum absolute atomic E-state index is 6.73. The molecule has 0 atom stereocenters. The fraction of sp³-hybridized carbons (Fsp3) is 0. The summed E-state index contributed by atoms with van der Waals surface area (Å²) in [7, 11) is 0. The SMILES string of the molecule is c1ccc(-c2nc(-c3ccccc3)nc(-c3cccc4oc5c(-c6nc(-c7ccccc7)nc7c6oc6ccccc67)cccc5c34)n2)cc1. The number of hydrogen-bond donors (Lipinski definition) is 0. The smallest absolute Gasteiger partial charge is 0.180 e. The van der Waals surface area contributed by atoms with Crippen molar-refractivity contribution in [2.45, 2.75) is 0 Å². The van der Waals surface area contributed by atoms with Crippen molar-refractivity contribution in [2.24, 2.45) is 0 Å². The topological polar surface area (TPSA) is 90.7 Å². The highest BCUT2D eigenvalue weighted by Crippen LogP contribution is 2.43. The number of benzene rings is 6. The molecule has 0 unspecified atom stereocenters. The second-order valence-corrected chi connectivity index (χ2v) is 12.0. The lowest BCUT2D eigenvalue weighted by molar-refractivity contribution is 0.663. The lowest BCUT2D eigenvalue weighted by atomic mass is 10.0. The second kappa shape index (κ2) is 11.3. The Bertz CT molecular complexity index is 2810. The van der Waals surface area contributed by atoms with Crippen molar-refractivity contribution < 1.29 is 8.83 Å². The van der Waals surface area contributed by atoms with E-state index in [0.29, 0.717) is 45.7 Å². The number of fused-ring (bicyclic) bond motifs is 6. The van der Waals surface area contributed by atoms with Crippen LogP contribution in [-0.4, -0.2) is 24.9 Å². The van der Waals surface area contributed by atoms with Crippen LogP contribution in [0.3, 0.4) is 0 Å². The average Bonchev–Trinajstić information content (AvgIpc) is 3.77. The van der Waals surface area contributed by atoms with Gasteiger partial charge in [0.2, 0.25) is 0 Å². The van der Waals surface area contributed by atoms with Crippen molar-refractivity contribution in [2.75, 3.05) is 0 Å². The zero-order chi connectivity index (χ0) is 33.0. The summed E-state index contributed by atoms with van der Waals surface area (Å²) >= 11 is 0. The lowest BCUT2D eigenvalue weighted by Crippen LogP contribution is -2.00. The normalized spacial score (nSPS) is 11.6. The minimum atomic E-state index is 0.560. The molecule has 0 bridgehead atoms. The van der Waals surface area contributed by atoms with Crippen molar-refractivity contribution in [3.8, 4) is 56.8 Å². The second-order valence-electron chi connectivity index (χ2n) is 12.0. The molecule has 0 aliphatic heterocycles. The molecule has 234 valence electrons. The molecule has 0 radical (unpaired) electrons. The maximum Gasteiger partial charge on any atom is 0.180 e. The number of para-hydroxylation sites is 2. The number of rotatable bonds is 5. The molecule has 7 heteroatoms. The van der Waals surface area contributed by atoms with Crippen LogP contribution in [0.2, 0.25) is 0 Å². The molecule has 7 nitrogen and oxygen atoms in total. The van der Waals surface area contributed by atoms with Gasteiger partial charge in [-0.25, -0.2) is 24.9 Å². The van der Waals surface area contributed by atoms with E-state index >= 15 is 0 Å². The van der Waals surface area contributed by atoms with Gasteiger partial charge >= 0.3 is 0 Å². The zero-order valence-corrected chi connectivity index (χ0v) is 26.5. The van der Waals surface area contributed by atoms with Crippen molar-refractivity contribution in [1.82, 2.24) is 24.9 Å². The first-order valence-electron chi connectivity index (χ1n) is 16.3. The Morgan fingerprint density at radius 2 is 0.840 bits per heavy atom. The van der Waals surface area contributed by atoms with E-state index in [1.54, 1.807) is 0 Å². The van der Waals surface area contributed by atoms with E-state index in [0.717, 1.165) is 55.1 Å². The van der Waals surface area contributed by atoms with Crippen LogP contribution in [-0.2, 0) is 0 Å².